The second-order valence-electron chi connectivity index (χ2n) is 7.07. The first-order valence-corrected chi connectivity index (χ1v) is 9.95. The van der Waals surface area contributed by atoms with Gasteiger partial charge in [0.05, 0.1) is 0 Å². The summed E-state index contributed by atoms with van der Waals surface area (Å²) in [5.74, 6) is 0.238. The Labute approximate surface area is 176 Å². The van der Waals surface area contributed by atoms with Gasteiger partial charge in [-0.05, 0) is 61.2 Å². The van der Waals surface area contributed by atoms with Crippen LogP contribution in [0, 0.1) is 0 Å². The summed E-state index contributed by atoms with van der Waals surface area (Å²) in [4.78, 5) is 16.7. The third-order valence-electron chi connectivity index (χ3n) is 4.79. The van der Waals surface area contributed by atoms with Crippen LogP contribution in [-0.2, 0) is 22.6 Å². The van der Waals surface area contributed by atoms with Crippen molar-refractivity contribution in [1.82, 2.24) is 4.98 Å². The molecule has 0 spiro atoms. The maximum absolute atomic E-state index is 12.6. The van der Waals surface area contributed by atoms with Gasteiger partial charge < -0.3 is 9.47 Å². The molecule has 0 bridgehead atoms. The molecule has 0 fully saturated rings. The van der Waals surface area contributed by atoms with Crippen LogP contribution in [-0.4, -0.2) is 16.6 Å². The van der Waals surface area contributed by atoms with E-state index in [0.29, 0.717) is 12.2 Å². The van der Waals surface area contributed by atoms with Gasteiger partial charge in [-0.15, -0.1) is 0 Å². The van der Waals surface area contributed by atoms with Crippen LogP contribution in [0.3, 0.4) is 0 Å². The monoisotopic (exact) mass is 409 g/mol. The molecule has 3 rings (SSSR count). The standard InChI is InChI=1S/C24H24ClNO3/c1-3-24(2,23(27)28-17-20-5-4-14-26-16-20)29-22-12-8-19(9-13-22)15-18-6-10-21(25)11-7-18/h4-14,16H,3,15,17H2,1-2H3/t24-/m0/s1. The average molecular weight is 410 g/mol. The average Bonchev–Trinajstić information content (AvgIpc) is 2.75. The van der Waals surface area contributed by atoms with Gasteiger partial charge in [0.2, 0.25) is 5.60 Å². The quantitative estimate of drug-likeness (QED) is 0.453. The fraction of sp³-hybridized carbons (Fsp3) is 0.250. The number of hydrogen-bond donors (Lipinski definition) is 0. The van der Waals surface area contributed by atoms with E-state index < -0.39 is 11.6 Å². The van der Waals surface area contributed by atoms with E-state index in [1.165, 1.54) is 5.56 Å². The Morgan fingerprint density at radius 3 is 2.24 bits per heavy atom. The number of ether oxygens (including phenoxy) is 2. The molecule has 0 saturated heterocycles. The van der Waals surface area contributed by atoms with Crippen molar-refractivity contribution >= 4 is 17.6 Å². The Hall–Kier alpha value is -2.85. The summed E-state index contributed by atoms with van der Waals surface area (Å²) >= 11 is 5.94. The highest BCUT2D eigenvalue weighted by Crippen LogP contribution is 2.24. The molecule has 2 aromatic carbocycles. The summed E-state index contributed by atoms with van der Waals surface area (Å²) < 4.78 is 11.5. The number of aromatic nitrogens is 1. The molecule has 3 aromatic rings. The van der Waals surface area contributed by atoms with E-state index in [9.17, 15) is 4.79 Å². The topological polar surface area (TPSA) is 48.4 Å². The van der Waals surface area contributed by atoms with Crippen molar-refractivity contribution in [2.75, 3.05) is 0 Å². The molecular weight excluding hydrogens is 386 g/mol. The van der Waals surface area contributed by atoms with E-state index in [1.807, 2.05) is 67.6 Å². The highest BCUT2D eigenvalue weighted by molar-refractivity contribution is 6.30. The van der Waals surface area contributed by atoms with Gasteiger partial charge in [0.25, 0.3) is 0 Å². The predicted octanol–water partition coefficient (Wildman–Crippen LogP) is 5.62. The number of carbonyl (C=O) groups excluding carboxylic acids is 1. The lowest BCUT2D eigenvalue weighted by atomic mass is 10.0. The van der Waals surface area contributed by atoms with Crippen LogP contribution in [0.5, 0.6) is 5.75 Å². The van der Waals surface area contributed by atoms with Crippen LogP contribution in [0.25, 0.3) is 0 Å². The van der Waals surface area contributed by atoms with Gasteiger partial charge in [0.1, 0.15) is 12.4 Å². The molecule has 1 atom stereocenters. The Balaban J connectivity index is 1.61. The summed E-state index contributed by atoms with van der Waals surface area (Å²) in [6, 6.07) is 19.2. The molecule has 0 radical (unpaired) electrons. The van der Waals surface area contributed by atoms with E-state index in [4.69, 9.17) is 21.1 Å². The predicted molar refractivity (Wildman–Crippen MR) is 114 cm³/mol. The van der Waals surface area contributed by atoms with Crippen molar-refractivity contribution in [1.29, 1.82) is 0 Å². The van der Waals surface area contributed by atoms with Gasteiger partial charge in [-0.2, -0.15) is 0 Å². The second-order valence-corrected chi connectivity index (χ2v) is 7.51. The zero-order valence-electron chi connectivity index (χ0n) is 16.6. The van der Waals surface area contributed by atoms with Crippen molar-refractivity contribution in [3.63, 3.8) is 0 Å². The van der Waals surface area contributed by atoms with Gasteiger partial charge in [-0.3, -0.25) is 4.98 Å². The van der Waals surface area contributed by atoms with Crippen molar-refractivity contribution in [2.45, 2.75) is 38.9 Å². The number of carbonyl (C=O) groups is 1. The summed E-state index contributed by atoms with van der Waals surface area (Å²) in [5.41, 5.74) is 2.11. The molecule has 0 aliphatic heterocycles. The minimum atomic E-state index is -1.06. The summed E-state index contributed by atoms with van der Waals surface area (Å²) in [6.45, 7) is 3.83. The molecule has 29 heavy (non-hydrogen) atoms. The lowest BCUT2D eigenvalue weighted by Crippen LogP contribution is -2.42. The normalized spacial score (nSPS) is 12.8. The Bertz CT molecular complexity index is 927. The van der Waals surface area contributed by atoms with E-state index >= 15 is 0 Å². The fourth-order valence-corrected chi connectivity index (χ4v) is 2.94. The molecule has 5 heteroatoms. The van der Waals surface area contributed by atoms with E-state index in [0.717, 1.165) is 22.6 Å². The molecule has 0 amide bonds. The lowest BCUT2D eigenvalue weighted by Gasteiger charge is -2.27. The highest BCUT2D eigenvalue weighted by atomic mass is 35.5. The summed E-state index contributed by atoms with van der Waals surface area (Å²) in [6.07, 6.45) is 4.65. The number of hydrogen-bond acceptors (Lipinski definition) is 4. The third kappa shape index (κ3) is 5.81. The molecular formula is C24H24ClNO3. The van der Waals surface area contributed by atoms with Crippen LogP contribution in [0.1, 0.15) is 37.0 Å². The van der Waals surface area contributed by atoms with Crippen LogP contribution in [0.4, 0.5) is 0 Å². The van der Waals surface area contributed by atoms with Crippen molar-refractivity contribution in [3.8, 4) is 5.75 Å². The van der Waals surface area contributed by atoms with Crippen molar-refractivity contribution < 1.29 is 14.3 Å². The molecule has 0 aliphatic carbocycles. The van der Waals surface area contributed by atoms with Gasteiger partial charge in [-0.1, -0.05) is 48.9 Å². The number of nitrogens with zero attached hydrogens (tertiary/aromatic N) is 1. The zero-order valence-corrected chi connectivity index (χ0v) is 17.4. The largest absolute Gasteiger partial charge is 0.476 e. The number of esters is 1. The first-order valence-electron chi connectivity index (χ1n) is 9.57. The van der Waals surface area contributed by atoms with E-state index in [1.54, 1.807) is 19.3 Å². The molecule has 0 aliphatic rings. The Morgan fingerprint density at radius 2 is 1.66 bits per heavy atom. The molecule has 0 unspecified atom stereocenters. The van der Waals surface area contributed by atoms with Gasteiger partial charge >= 0.3 is 5.97 Å². The second kappa shape index (κ2) is 9.57. The smallest absolute Gasteiger partial charge is 0.350 e. The SMILES string of the molecule is CC[C@](C)(Oc1ccc(Cc2ccc(Cl)cc2)cc1)C(=O)OCc1cccnc1. The minimum absolute atomic E-state index is 0.172. The van der Waals surface area contributed by atoms with Gasteiger partial charge in [0, 0.05) is 23.0 Å². The fourth-order valence-electron chi connectivity index (χ4n) is 2.82. The lowest BCUT2D eigenvalue weighted by molar-refractivity contribution is -0.162. The zero-order chi connectivity index (χ0) is 20.7. The first kappa shape index (κ1) is 20.9. The highest BCUT2D eigenvalue weighted by Gasteiger charge is 2.35. The maximum Gasteiger partial charge on any atom is 0.350 e. The molecule has 0 N–H and O–H groups in total. The van der Waals surface area contributed by atoms with Gasteiger partial charge in [0.15, 0.2) is 0 Å². The molecule has 0 saturated carbocycles. The van der Waals surface area contributed by atoms with Crippen molar-refractivity contribution in [3.05, 3.63) is 94.8 Å². The van der Waals surface area contributed by atoms with Gasteiger partial charge in [-0.25, -0.2) is 4.79 Å². The maximum atomic E-state index is 12.6. The number of pyridine rings is 1. The summed E-state index contributed by atoms with van der Waals surface area (Å²) in [5, 5.41) is 0.728. The molecule has 1 heterocycles. The first-order chi connectivity index (χ1) is 14.0. The molecule has 150 valence electrons. The Kier molecular flexibility index (Phi) is 6.89. The molecule has 1 aromatic heterocycles. The van der Waals surface area contributed by atoms with E-state index in [-0.39, 0.29) is 6.61 Å². The van der Waals surface area contributed by atoms with Crippen LogP contribution >= 0.6 is 11.6 Å². The molecule has 4 nitrogen and oxygen atoms in total. The number of benzene rings is 2. The van der Waals surface area contributed by atoms with Crippen LogP contribution < -0.4 is 4.74 Å². The van der Waals surface area contributed by atoms with E-state index in [2.05, 4.69) is 4.98 Å². The Morgan fingerprint density at radius 1 is 1.00 bits per heavy atom. The minimum Gasteiger partial charge on any atom is -0.476 e. The third-order valence-corrected chi connectivity index (χ3v) is 5.04. The number of halogens is 1. The van der Waals surface area contributed by atoms with Crippen LogP contribution in [0.15, 0.2) is 73.1 Å². The number of rotatable bonds is 8. The summed E-state index contributed by atoms with van der Waals surface area (Å²) in [7, 11) is 0. The van der Waals surface area contributed by atoms with Crippen LogP contribution in [0.2, 0.25) is 5.02 Å². The van der Waals surface area contributed by atoms with Crippen molar-refractivity contribution in [2.24, 2.45) is 0 Å².